The van der Waals surface area contributed by atoms with E-state index in [4.69, 9.17) is 11.2 Å². The van der Waals surface area contributed by atoms with E-state index in [0.717, 1.165) is 32.1 Å². The van der Waals surface area contributed by atoms with Crippen LogP contribution in [0.3, 0.4) is 0 Å². The summed E-state index contributed by atoms with van der Waals surface area (Å²) in [6.45, 7) is 5.95. The second-order valence-electron chi connectivity index (χ2n) is 9.86. The van der Waals surface area contributed by atoms with Gasteiger partial charge in [-0.3, -0.25) is 4.79 Å². The number of esters is 1. The monoisotopic (exact) mass is 372 g/mol. The first-order valence-electron chi connectivity index (χ1n) is 10.4. The van der Waals surface area contributed by atoms with Crippen molar-refractivity contribution in [3.63, 3.8) is 0 Å². The first-order valence-corrected chi connectivity index (χ1v) is 10.4. The fraction of sp³-hybridized carbons (Fsp3) is 0.783. The van der Waals surface area contributed by atoms with Gasteiger partial charge >= 0.3 is 5.97 Å². The number of carbonyl (C=O) groups excluding carboxylic acids is 1. The second-order valence-corrected chi connectivity index (χ2v) is 9.86. The van der Waals surface area contributed by atoms with Crippen molar-refractivity contribution in [3.05, 3.63) is 11.6 Å². The number of hydrogen-bond donors (Lipinski definition) is 2. The van der Waals surface area contributed by atoms with E-state index in [1.165, 1.54) is 12.5 Å². The third-order valence-corrected chi connectivity index (χ3v) is 8.80. The molecule has 0 aliphatic heterocycles. The van der Waals surface area contributed by atoms with Gasteiger partial charge in [0.1, 0.15) is 11.7 Å². The predicted molar refractivity (Wildman–Crippen MR) is 102 cm³/mol. The Labute approximate surface area is 162 Å². The van der Waals surface area contributed by atoms with Gasteiger partial charge < -0.3 is 14.9 Å². The smallest absolute Gasteiger partial charge is 0.302 e. The van der Waals surface area contributed by atoms with Crippen molar-refractivity contribution in [1.29, 1.82) is 0 Å². The van der Waals surface area contributed by atoms with E-state index in [2.05, 4.69) is 19.8 Å². The fourth-order valence-corrected chi connectivity index (χ4v) is 7.24. The molecule has 0 aromatic carbocycles. The molecular formula is C23H32O4. The molecule has 0 heterocycles. The molecule has 3 saturated carbocycles. The zero-order chi connectivity index (χ0) is 19.6. The topological polar surface area (TPSA) is 66.8 Å². The molecule has 4 rings (SSSR count). The lowest BCUT2D eigenvalue weighted by molar-refractivity contribution is -0.171. The molecule has 3 fully saturated rings. The Morgan fingerprint density at radius 1 is 1.22 bits per heavy atom. The Morgan fingerprint density at radius 2 is 1.93 bits per heavy atom. The van der Waals surface area contributed by atoms with Crippen molar-refractivity contribution in [2.45, 2.75) is 83.5 Å². The van der Waals surface area contributed by atoms with Crippen LogP contribution in [0.25, 0.3) is 0 Å². The molecule has 27 heavy (non-hydrogen) atoms. The summed E-state index contributed by atoms with van der Waals surface area (Å²) in [5.41, 5.74) is -0.0998. The molecule has 4 heteroatoms. The average molecular weight is 373 g/mol. The standard InChI is InChI=1S/C23H32O4/c1-5-23(26)11-8-18-20-17(7-10-22(18,23)4)21(3)9-6-16(25)12-15(21)13-19(20)27-14(2)24/h1,12,16-20,25-26H,6-11,13H2,2-4H3/t16?,17-,18+,19?,20-,21+,22+,23?/m1/s1. The van der Waals surface area contributed by atoms with Crippen LogP contribution < -0.4 is 0 Å². The van der Waals surface area contributed by atoms with E-state index in [-0.39, 0.29) is 34.7 Å². The van der Waals surface area contributed by atoms with E-state index < -0.39 is 11.7 Å². The van der Waals surface area contributed by atoms with E-state index in [1.807, 2.05) is 6.08 Å². The van der Waals surface area contributed by atoms with Crippen LogP contribution in [0.15, 0.2) is 11.6 Å². The molecule has 0 saturated heterocycles. The molecule has 4 nitrogen and oxygen atoms in total. The highest BCUT2D eigenvalue weighted by atomic mass is 16.5. The number of aliphatic hydroxyl groups is 2. The molecule has 0 amide bonds. The minimum Gasteiger partial charge on any atom is -0.462 e. The van der Waals surface area contributed by atoms with Crippen molar-refractivity contribution in [2.75, 3.05) is 0 Å². The maximum atomic E-state index is 11.9. The van der Waals surface area contributed by atoms with Crippen molar-refractivity contribution in [3.8, 4) is 12.3 Å². The van der Waals surface area contributed by atoms with Crippen molar-refractivity contribution >= 4 is 5.97 Å². The molecule has 0 spiro atoms. The first-order chi connectivity index (χ1) is 12.6. The highest BCUT2D eigenvalue weighted by Crippen LogP contribution is 2.67. The van der Waals surface area contributed by atoms with Crippen LogP contribution in [0.5, 0.6) is 0 Å². The lowest BCUT2D eigenvalue weighted by Crippen LogP contribution is -2.58. The summed E-state index contributed by atoms with van der Waals surface area (Å²) in [7, 11) is 0. The third kappa shape index (κ3) is 2.54. The lowest BCUT2D eigenvalue weighted by atomic mass is 9.45. The van der Waals surface area contributed by atoms with Crippen LogP contribution in [-0.2, 0) is 9.53 Å². The maximum Gasteiger partial charge on any atom is 0.302 e. The van der Waals surface area contributed by atoms with E-state index >= 15 is 0 Å². The van der Waals surface area contributed by atoms with E-state index in [9.17, 15) is 15.0 Å². The van der Waals surface area contributed by atoms with Crippen molar-refractivity contribution < 1.29 is 19.7 Å². The Morgan fingerprint density at radius 3 is 2.59 bits per heavy atom. The van der Waals surface area contributed by atoms with Crippen molar-refractivity contribution in [2.24, 2.45) is 28.6 Å². The van der Waals surface area contributed by atoms with Gasteiger partial charge in [-0.2, -0.15) is 0 Å². The maximum absolute atomic E-state index is 11.9. The molecule has 4 aliphatic carbocycles. The lowest BCUT2D eigenvalue weighted by Gasteiger charge is -2.60. The van der Waals surface area contributed by atoms with Gasteiger partial charge in [-0.1, -0.05) is 31.4 Å². The van der Waals surface area contributed by atoms with E-state index in [0.29, 0.717) is 18.8 Å². The number of terminal acetylenes is 1. The summed E-state index contributed by atoms with van der Waals surface area (Å²) < 4.78 is 5.85. The van der Waals surface area contributed by atoms with Crippen molar-refractivity contribution in [1.82, 2.24) is 0 Å². The largest absolute Gasteiger partial charge is 0.462 e. The SMILES string of the molecule is C#CC1(O)CC[C@H]2[C@@H]3C(OC(C)=O)CC4=CC(O)CC[C@]4(C)[C@@H]3CC[C@@]21C. The predicted octanol–water partition coefficient (Wildman–Crippen LogP) is 3.22. The third-order valence-electron chi connectivity index (χ3n) is 8.80. The molecule has 3 unspecified atom stereocenters. The van der Waals surface area contributed by atoms with Crippen LogP contribution >= 0.6 is 0 Å². The normalized spacial score (nSPS) is 51.3. The number of ether oxygens (including phenoxy) is 1. The quantitative estimate of drug-likeness (QED) is 0.421. The highest BCUT2D eigenvalue weighted by molar-refractivity contribution is 5.66. The summed E-state index contributed by atoms with van der Waals surface area (Å²) in [6.07, 6.45) is 13.0. The Hall–Kier alpha value is -1.31. The molecule has 4 aliphatic rings. The van der Waals surface area contributed by atoms with Gasteiger partial charge in [0.2, 0.25) is 0 Å². The van der Waals surface area contributed by atoms with Crippen LogP contribution in [0, 0.1) is 40.9 Å². The minimum absolute atomic E-state index is 0.0404. The zero-order valence-corrected chi connectivity index (χ0v) is 16.7. The van der Waals surface area contributed by atoms with Gasteiger partial charge in [-0.05, 0) is 55.8 Å². The highest BCUT2D eigenvalue weighted by Gasteiger charge is 2.66. The van der Waals surface area contributed by atoms with Crippen LogP contribution in [0.2, 0.25) is 0 Å². The molecule has 0 aromatic heterocycles. The van der Waals surface area contributed by atoms with Crippen LogP contribution in [-0.4, -0.2) is 34.0 Å². The molecular weight excluding hydrogens is 340 g/mol. The number of aliphatic hydroxyl groups excluding tert-OH is 1. The zero-order valence-electron chi connectivity index (χ0n) is 16.7. The summed E-state index contributed by atoms with van der Waals surface area (Å²) in [4.78, 5) is 11.9. The summed E-state index contributed by atoms with van der Waals surface area (Å²) in [5, 5.41) is 21.3. The van der Waals surface area contributed by atoms with Crippen LogP contribution in [0.1, 0.15) is 65.7 Å². The molecule has 0 radical (unpaired) electrons. The van der Waals surface area contributed by atoms with Gasteiger partial charge in [0, 0.05) is 24.7 Å². The fourth-order valence-electron chi connectivity index (χ4n) is 7.24. The van der Waals surface area contributed by atoms with Gasteiger partial charge in [0.05, 0.1) is 6.10 Å². The summed E-state index contributed by atoms with van der Waals surface area (Å²) in [6, 6.07) is 0. The van der Waals surface area contributed by atoms with Gasteiger partial charge in [-0.25, -0.2) is 0 Å². The Bertz CT molecular complexity index is 720. The summed E-state index contributed by atoms with van der Waals surface area (Å²) in [5.74, 6) is 3.32. The molecule has 0 bridgehead atoms. The van der Waals surface area contributed by atoms with Gasteiger partial charge in [-0.15, -0.1) is 6.42 Å². The molecule has 148 valence electrons. The van der Waals surface area contributed by atoms with Crippen LogP contribution in [0.4, 0.5) is 0 Å². The molecule has 8 atom stereocenters. The number of rotatable bonds is 1. The number of hydrogen-bond acceptors (Lipinski definition) is 4. The second kappa shape index (κ2) is 6.09. The Balaban J connectivity index is 1.77. The number of fused-ring (bicyclic) bond motifs is 5. The number of carbonyl (C=O) groups is 1. The average Bonchev–Trinajstić information content (AvgIpc) is 2.88. The molecule has 2 N–H and O–H groups in total. The van der Waals surface area contributed by atoms with Gasteiger partial charge in [0.15, 0.2) is 0 Å². The molecule has 0 aromatic rings. The first kappa shape index (κ1) is 19.0. The minimum atomic E-state index is -1.07. The Kier molecular flexibility index (Phi) is 4.29. The van der Waals surface area contributed by atoms with E-state index in [1.54, 1.807) is 0 Å². The summed E-state index contributed by atoms with van der Waals surface area (Å²) >= 11 is 0. The van der Waals surface area contributed by atoms with Gasteiger partial charge in [0.25, 0.3) is 0 Å².